The third-order valence-electron chi connectivity index (χ3n) is 2.17. The number of hydrogen-bond acceptors (Lipinski definition) is 4. The molecule has 0 aliphatic carbocycles. The minimum Gasteiger partial charge on any atom is -0.387 e. The second kappa shape index (κ2) is 3.77. The fourth-order valence-electron chi connectivity index (χ4n) is 1.40. The van der Waals surface area contributed by atoms with Crippen molar-refractivity contribution in [1.82, 2.24) is 10.5 Å². The molecule has 2 N–H and O–H groups in total. The number of nitrogens with one attached hydrogen (secondary N) is 1. The van der Waals surface area contributed by atoms with Gasteiger partial charge in [0.2, 0.25) is 0 Å². The fourth-order valence-corrected chi connectivity index (χ4v) is 1.40. The lowest BCUT2D eigenvalue weighted by molar-refractivity contribution is 0.178. The molecule has 1 unspecified atom stereocenters. The highest BCUT2D eigenvalue weighted by Gasteiger charge is 2.07. The van der Waals surface area contributed by atoms with Crippen molar-refractivity contribution in [3.8, 4) is 0 Å². The number of likely N-dealkylation sites (N-methyl/N-ethyl adjacent to an activating group) is 1. The fraction of sp³-hybridized carbons (Fsp3) is 0.300. The Hall–Kier alpha value is -1.39. The molecule has 0 saturated heterocycles. The van der Waals surface area contributed by atoms with Gasteiger partial charge in [-0.05, 0) is 24.7 Å². The SMILES string of the molecule is CNCC(O)c1ccc2conc2c1. The molecule has 0 saturated carbocycles. The van der Waals surface area contributed by atoms with E-state index in [-0.39, 0.29) is 0 Å². The highest BCUT2D eigenvalue weighted by atomic mass is 16.5. The van der Waals surface area contributed by atoms with Gasteiger partial charge < -0.3 is 14.9 Å². The Labute approximate surface area is 81.5 Å². The number of nitrogens with zero attached hydrogens (tertiary/aromatic N) is 1. The van der Waals surface area contributed by atoms with E-state index in [9.17, 15) is 5.11 Å². The molecule has 0 bridgehead atoms. The van der Waals surface area contributed by atoms with E-state index in [0.717, 1.165) is 16.5 Å². The van der Waals surface area contributed by atoms with E-state index >= 15 is 0 Å². The van der Waals surface area contributed by atoms with Crippen LogP contribution in [0.5, 0.6) is 0 Å². The highest BCUT2D eigenvalue weighted by Crippen LogP contribution is 2.18. The monoisotopic (exact) mass is 192 g/mol. The first-order chi connectivity index (χ1) is 6.81. The van der Waals surface area contributed by atoms with E-state index in [1.54, 1.807) is 13.3 Å². The van der Waals surface area contributed by atoms with E-state index in [2.05, 4.69) is 10.5 Å². The maximum atomic E-state index is 9.70. The van der Waals surface area contributed by atoms with Gasteiger partial charge >= 0.3 is 0 Å². The Morgan fingerprint density at radius 1 is 1.57 bits per heavy atom. The largest absolute Gasteiger partial charge is 0.387 e. The normalized spacial score (nSPS) is 13.3. The second-order valence-corrected chi connectivity index (χ2v) is 3.21. The van der Waals surface area contributed by atoms with Gasteiger partial charge in [-0.15, -0.1) is 0 Å². The van der Waals surface area contributed by atoms with Crippen molar-refractivity contribution in [2.45, 2.75) is 6.10 Å². The second-order valence-electron chi connectivity index (χ2n) is 3.21. The zero-order chi connectivity index (χ0) is 9.97. The summed E-state index contributed by atoms with van der Waals surface area (Å²) < 4.78 is 4.81. The standard InChI is InChI=1S/C10H12N2O2/c1-11-5-10(13)7-2-3-8-6-14-12-9(8)4-7/h2-4,6,10-11,13H,5H2,1H3. The maximum Gasteiger partial charge on any atom is 0.131 e. The minimum absolute atomic E-state index is 0.499. The topological polar surface area (TPSA) is 58.3 Å². The van der Waals surface area contributed by atoms with Crippen molar-refractivity contribution in [1.29, 1.82) is 0 Å². The van der Waals surface area contributed by atoms with Crippen LogP contribution in [0.25, 0.3) is 10.9 Å². The third kappa shape index (κ3) is 1.62. The summed E-state index contributed by atoms with van der Waals surface area (Å²) >= 11 is 0. The van der Waals surface area contributed by atoms with Gasteiger partial charge in [-0.3, -0.25) is 0 Å². The van der Waals surface area contributed by atoms with Crippen molar-refractivity contribution >= 4 is 10.9 Å². The van der Waals surface area contributed by atoms with Crippen LogP contribution in [-0.2, 0) is 0 Å². The van der Waals surface area contributed by atoms with E-state index in [1.807, 2.05) is 18.2 Å². The number of aromatic nitrogens is 1. The van der Waals surface area contributed by atoms with Crippen LogP contribution in [0.3, 0.4) is 0 Å². The first-order valence-electron chi connectivity index (χ1n) is 4.48. The van der Waals surface area contributed by atoms with Crippen molar-refractivity contribution < 1.29 is 9.63 Å². The molecular weight excluding hydrogens is 180 g/mol. The van der Waals surface area contributed by atoms with Crippen molar-refractivity contribution in [2.24, 2.45) is 0 Å². The molecule has 0 radical (unpaired) electrons. The zero-order valence-corrected chi connectivity index (χ0v) is 7.90. The van der Waals surface area contributed by atoms with Gasteiger partial charge in [0.25, 0.3) is 0 Å². The van der Waals surface area contributed by atoms with Crippen LogP contribution in [0, 0.1) is 0 Å². The number of aliphatic hydroxyl groups is 1. The molecule has 0 spiro atoms. The molecule has 1 aromatic carbocycles. The lowest BCUT2D eigenvalue weighted by atomic mass is 10.1. The molecule has 74 valence electrons. The summed E-state index contributed by atoms with van der Waals surface area (Å²) in [5.74, 6) is 0. The van der Waals surface area contributed by atoms with Gasteiger partial charge in [0.15, 0.2) is 0 Å². The van der Waals surface area contributed by atoms with Crippen LogP contribution >= 0.6 is 0 Å². The van der Waals surface area contributed by atoms with Gasteiger partial charge in [0, 0.05) is 11.9 Å². The van der Waals surface area contributed by atoms with E-state index < -0.39 is 6.10 Å². The molecule has 4 nitrogen and oxygen atoms in total. The third-order valence-corrected chi connectivity index (χ3v) is 2.17. The van der Waals surface area contributed by atoms with Crippen molar-refractivity contribution in [3.63, 3.8) is 0 Å². The quantitative estimate of drug-likeness (QED) is 0.764. The minimum atomic E-state index is -0.499. The molecule has 14 heavy (non-hydrogen) atoms. The summed E-state index contributed by atoms with van der Waals surface area (Å²) in [6, 6.07) is 5.60. The van der Waals surface area contributed by atoms with Gasteiger partial charge in [-0.25, -0.2) is 0 Å². The lowest BCUT2D eigenvalue weighted by Gasteiger charge is -2.09. The summed E-state index contributed by atoms with van der Waals surface area (Å²) in [6.45, 7) is 0.531. The molecule has 1 atom stereocenters. The Morgan fingerprint density at radius 2 is 2.43 bits per heavy atom. The number of fused-ring (bicyclic) bond motifs is 1. The summed E-state index contributed by atoms with van der Waals surface area (Å²) in [6.07, 6.45) is 1.09. The van der Waals surface area contributed by atoms with Crippen LogP contribution in [0.15, 0.2) is 29.0 Å². The summed E-state index contributed by atoms with van der Waals surface area (Å²) in [4.78, 5) is 0. The number of hydrogen-bond donors (Lipinski definition) is 2. The predicted octanol–water partition coefficient (Wildman–Crippen LogP) is 1.08. The average molecular weight is 192 g/mol. The van der Waals surface area contributed by atoms with Gasteiger partial charge in [0.05, 0.1) is 6.10 Å². The maximum absolute atomic E-state index is 9.70. The first kappa shape index (κ1) is 9.18. The average Bonchev–Trinajstić information content (AvgIpc) is 2.64. The molecule has 2 aromatic rings. The van der Waals surface area contributed by atoms with E-state index in [1.165, 1.54) is 0 Å². The van der Waals surface area contributed by atoms with Crippen LogP contribution < -0.4 is 5.32 Å². The van der Waals surface area contributed by atoms with Crippen LogP contribution in [0.1, 0.15) is 11.7 Å². The first-order valence-corrected chi connectivity index (χ1v) is 4.48. The van der Waals surface area contributed by atoms with Crippen molar-refractivity contribution in [3.05, 3.63) is 30.0 Å². The summed E-state index contributed by atoms with van der Waals surface area (Å²) in [5.41, 5.74) is 1.62. The molecule has 0 aliphatic rings. The number of aliphatic hydroxyl groups excluding tert-OH is 1. The zero-order valence-electron chi connectivity index (χ0n) is 7.90. The van der Waals surface area contributed by atoms with Gasteiger partial charge in [-0.1, -0.05) is 11.2 Å². The molecule has 1 heterocycles. The van der Waals surface area contributed by atoms with Gasteiger partial charge in [-0.2, -0.15) is 0 Å². The molecule has 0 amide bonds. The molecule has 1 aromatic heterocycles. The number of rotatable bonds is 3. The Kier molecular flexibility index (Phi) is 2.47. The Balaban J connectivity index is 2.33. The van der Waals surface area contributed by atoms with E-state index in [0.29, 0.717) is 6.54 Å². The van der Waals surface area contributed by atoms with Gasteiger partial charge in [0.1, 0.15) is 11.8 Å². The Morgan fingerprint density at radius 3 is 3.21 bits per heavy atom. The molecule has 2 rings (SSSR count). The van der Waals surface area contributed by atoms with Crippen LogP contribution in [0.2, 0.25) is 0 Å². The molecule has 0 fully saturated rings. The summed E-state index contributed by atoms with van der Waals surface area (Å²) in [7, 11) is 1.80. The van der Waals surface area contributed by atoms with E-state index in [4.69, 9.17) is 4.52 Å². The summed E-state index contributed by atoms with van der Waals surface area (Å²) in [5, 5.41) is 17.4. The predicted molar refractivity (Wildman–Crippen MR) is 52.9 cm³/mol. The van der Waals surface area contributed by atoms with Crippen LogP contribution in [0.4, 0.5) is 0 Å². The Bertz CT molecular complexity index is 425. The smallest absolute Gasteiger partial charge is 0.131 e. The molecule has 0 aliphatic heterocycles. The highest BCUT2D eigenvalue weighted by molar-refractivity contribution is 5.77. The van der Waals surface area contributed by atoms with Crippen LogP contribution in [-0.4, -0.2) is 23.9 Å². The molecular formula is C10H12N2O2. The lowest BCUT2D eigenvalue weighted by Crippen LogP contribution is -2.16. The molecule has 4 heteroatoms. The van der Waals surface area contributed by atoms with Crippen molar-refractivity contribution in [2.75, 3.05) is 13.6 Å². The number of benzene rings is 1.